The molecule has 0 aliphatic carbocycles. The van der Waals surface area contributed by atoms with Gasteiger partial charge >= 0.3 is 0 Å². The third-order valence-electron chi connectivity index (χ3n) is 2.32. The van der Waals surface area contributed by atoms with Crippen molar-refractivity contribution in [2.45, 2.75) is 12.5 Å². The highest BCUT2D eigenvalue weighted by Crippen LogP contribution is 2.21. The van der Waals surface area contributed by atoms with Gasteiger partial charge in [0.15, 0.2) is 0 Å². The molecule has 0 unspecified atom stereocenters. The Bertz CT molecular complexity index is 269. The van der Waals surface area contributed by atoms with Gasteiger partial charge in [0.05, 0.1) is 0 Å². The van der Waals surface area contributed by atoms with Crippen LogP contribution in [0.1, 0.15) is 18.0 Å². The molecule has 1 aromatic rings. The van der Waals surface area contributed by atoms with Gasteiger partial charge in [-0.2, -0.15) is 0 Å². The average molecular weight is 196 g/mol. The van der Waals surface area contributed by atoms with Crippen LogP contribution in [0.3, 0.4) is 0 Å². The number of nitrogens with two attached hydrogens (primary N) is 1. The van der Waals surface area contributed by atoms with Crippen molar-refractivity contribution >= 4 is 0 Å². The molecule has 1 atom stereocenters. The zero-order chi connectivity index (χ0) is 10.6. The molecule has 0 radical (unpaired) electrons. The summed E-state index contributed by atoms with van der Waals surface area (Å²) < 4.78 is 12.7. The molecule has 0 aromatic heterocycles. The minimum atomic E-state index is -0.195. The Balaban J connectivity index is 2.82. The van der Waals surface area contributed by atoms with Crippen LogP contribution in [-0.4, -0.2) is 25.5 Å². The molecule has 0 amide bonds. The lowest BCUT2D eigenvalue weighted by Crippen LogP contribution is -2.22. The SMILES string of the molecule is CN(C)[C@H](CCN)c1ccc(F)cc1. The first-order valence-electron chi connectivity index (χ1n) is 4.77. The van der Waals surface area contributed by atoms with Gasteiger partial charge in [-0.1, -0.05) is 12.1 Å². The lowest BCUT2D eigenvalue weighted by Gasteiger charge is -2.24. The summed E-state index contributed by atoms with van der Waals surface area (Å²) in [6.45, 7) is 0.639. The highest BCUT2D eigenvalue weighted by Gasteiger charge is 2.12. The maximum absolute atomic E-state index is 12.7. The van der Waals surface area contributed by atoms with Gasteiger partial charge in [-0.25, -0.2) is 4.39 Å². The zero-order valence-corrected chi connectivity index (χ0v) is 8.70. The van der Waals surface area contributed by atoms with Crippen LogP contribution in [-0.2, 0) is 0 Å². The number of hydrogen-bond donors (Lipinski definition) is 1. The van der Waals surface area contributed by atoms with E-state index in [9.17, 15) is 4.39 Å². The second-order valence-electron chi connectivity index (χ2n) is 3.61. The Hall–Kier alpha value is -0.930. The van der Waals surface area contributed by atoms with Crippen LogP contribution in [0.25, 0.3) is 0 Å². The molecule has 0 saturated heterocycles. The van der Waals surface area contributed by atoms with Gasteiger partial charge in [0.1, 0.15) is 5.82 Å². The second-order valence-corrected chi connectivity index (χ2v) is 3.61. The van der Waals surface area contributed by atoms with E-state index in [0.29, 0.717) is 6.54 Å². The molecule has 0 bridgehead atoms. The zero-order valence-electron chi connectivity index (χ0n) is 8.70. The fourth-order valence-corrected chi connectivity index (χ4v) is 1.57. The molecule has 0 spiro atoms. The Morgan fingerprint density at radius 1 is 1.29 bits per heavy atom. The van der Waals surface area contributed by atoms with Gasteiger partial charge in [-0.15, -0.1) is 0 Å². The number of benzene rings is 1. The van der Waals surface area contributed by atoms with Crippen molar-refractivity contribution in [1.82, 2.24) is 4.90 Å². The molecule has 1 aromatic carbocycles. The molecule has 78 valence electrons. The highest BCUT2D eigenvalue weighted by molar-refractivity contribution is 5.19. The summed E-state index contributed by atoms with van der Waals surface area (Å²) in [4.78, 5) is 2.10. The molecule has 3 heteroatoms. The second kappa shape index (κ2) is 5.08. The molecule has 0 aliphatic heterocycles. The van der Waals surface area contributed by atoms with Crippen molar-refractivity contribution in [2.24, 2.45) is 5.73 Å². The van der Waals surface area contributed by atoms with Crippen molar-refractivity contribution < 1.29 is 4.39 Å². The molecular weight excluding hydrogens is 179 g/mol. The first kappa shape index (κ1) is 11.1. The van der Waals surface area contributed by atoms with Gasteiger partial charge in [-0.3, -0.25) is 0 Å². The van der Waals surface area contributed by atoms with Crippen LogP contribution in [0.4, 0.5) is 4.39 Å². The first-order valence-corrected chi connectivity index (χ1v) is 4.77. The van der Waals surface area contributed by atoms with Crippen molar-refractivity contribution in [3.63, 3.8) is 0 Å². The molecule has 0 heterocycles. The van der Waals surface area contributed by atoms with Gasteiger partial charge in [0, 0.05) is 6.04 Å². The fraction of sp³-hybridized carbons (Fsp3) is 0.455. The smallest absolute Gasteiger partial charge is 0.123 e. The van der Waals surface area contributed by atoms with E-state index in [-0.39, 0.29) is 11.9 Å². The number of halogens is 1. The molecule has 2 N–H and O–H groups in total. The van der Waals surface area contributed by atoms with Crippen molar-refractivity contribution in [1.29, 1.82) is 0 Å². The van der Waals surface area contributed by atoms with E-state index in [4.69, 9.17) is 5.73 Å². The summed E-state index contributed by atoms with van der Waals surface area (Å²) in [5.74, 6) is -0.195. The molecule has 2 nitrogen and oxygen atoms in total. The predicted molar refractivity (Wildman–Crippen MR) is 56.5 cm³/mol. The van der Waals surface area contributed by atoms with Gasteiger partial charge in [0.25, 0.3) is 0 Å². The first-order chi connectivity index (χ1) is 6.65. The van der Waals surface area contributed by atoms with E-state index in [1.165, 1.54) is 12.1 Å². The molecule has 0 aliphatic rings. The Labute approximate surface area is 84.5 Å². The molecule has 1 rings (SSSR count). The van der Waals surface area contributed by atoms with Gasteiger partial charge in [0.2, 0.25) is 0 Å². The quantitative estimate of drug-likeness (QED) is 0.795. The lowest BCUT2D eigenvalue weighted by molar-refractivity contribution is 0.287. The van der Waals surface area contributed by atoms with E-state index in [0.717, 1.165) is 12.0 Å². The summed E-state index contributed by atoms with van der Waals surface area (Å²) in [6.07, 6.45) is 0.888. The van der Waals surface area contributed by atoms with Crippen LogP contribution in [0.5, 0.6) is 0 Å². The summed E-state index contributed by atoms with van der Waals surface area (Å²) in [5.41, 5.74) is 6.65. The van der Waals surface area contributed by atoms with Crippen LogP contribution in [0, 0.1) is 5.82 Å². The standard InChI is InChI=1S/C11H17FN2/c1-14(2)11(7-8-13)9-3-5-10(12)6-4-9/h3-6,11H,7-8,13H2,1-2H3/t11-/m1/s1. The van der Waals surface area contributed by atoms with Crippen molar-refractivity contribution in [2.75, 3.05) is 20.6 Å². The Morgan fingerprint density at radius 2 is 1.86 bits per heavy atom. The van der Waals surface area contributed by atoms with Crippen LogP contribution in [0.15, 0.2) is 24.3 Å². The van der Waals surface area contributed by atoms with E-state index in [1.807, 2.05) is 26.2 Å². The van der Waals surface area contributed by atoms with Crippen LogP contribution >= 0.6 is 0 Å². The molecule has 0 saturated carbocycles. The van der Waals surface area contributed by atoms with E-state index in [2.05, 4.69) is 4.90 Å². The summed E-state index contributed by atoms with van der Waals surface area (Å²) >= 11 is 0. The number of rotatable bonds is 4. The lowest BCUT2D eigenvalue weighted by atomic mass is 10.0. The maximum atomic E-state index is 12.7. The van der Waals surface area contributed by atoms with E-state index in [1.54, 1.807) is 0 Å². The Morgan fingerprint density at radius 3 is 2.29 bits per heavy atom. The van der Waals surface area contributed by atoms with Crippen LogP contribution < -0.4 is 5.73 Å². The summed E-state index contributed by atoms with van der Waals surface area (Å²) in [5, 5.41) is 0. The average Bonchev–Trinajstić information content (AvgIpc) is 2.15. The topological polar surface area (TPSA) is 29.3 Å². The minimum absolute atomic E-state index is 0.195. The number of hydrogen-bond acceptors (Lipinski definition) is 2. The van der Waals surface area contributed by atoms with E-state index >= 15 is 0 Å². The highest BCUT2D eigenvalue weighted by atomic mass is 19.1. The fourth-order valence-electron chi connectivity index (χ4n) is 1.57. The monoisotopic (exact) mass is 196 g/mol. The molecule has 14 heavy (non-hydrogen) atoms. The van der Waals surface area contributed by atoms with Gasteiger partial charge in [-0.05, 0) is 44.8 Å². The largest absolute Gasteiger partial charge is 0.330 e. The summed E-state index contributed by atoms with van der Waals surface area (Å²) in [7, 11) is 4.01. The van der Waals surface area contributed by atoms with Gasteiger partial charge < -0.3 is 10.6 Å². The Kier molecular flexibility index (Phi) is 4.04. The minimum Gasteiger partial charge on any atom is -0.330 e. The normalized spacial score (nSPS) is 13.2. The maximum Gasteiger partial charge on any atom is 0.123 e. The third kappa shape index (κ3) is 2.79. The third-order valence-corrected chi connectivity index (χ3v) is 2.32. The predicted octanol–water partition coefficient (Wildman–Crippen LogP) is 1.78. The van der Waals surface area contributed by atoms with Crippen molar-refractivity contribution in [3.05, 3.63) is 35.6 Å². The molecule has 0 fully saturated rings. The van der Waals surface area contributed by atoms with Crippen LogP contribution in [0.2, 0.25) is 0 Å². The number of nitrogens with zero attached hydrogens (tertiary/aromatic N) is 1. The van der Waals surface area contributed by atoms with Crippen molar-refractivity contribution in [3.8, 4) is 0 Å². The van der Waals surface area contributed by atoms with E-state index < -0.39 is 0 Å². The summed E-state index contributed by atoms with van der Waals surface area (Å²) in [6, 6.07) is 6.89. The molecular formula is C11H17FN2.